The van der Waals surface area contributed by atoms with Gasteiger partial charge in [0.2, 0.25) is 5.91 Å². The molecule has 3 aromatic rings. The van der Waals surface area contributed by atoms with Crippen LogP contribution >= 0.6 is 0 Å². The monoisotopic (exact) mass is 360 g/mol. The Labute approximate surface area is 159 Å². The summed E-state index contributed by atoms with van der Waals surface area (Å²) in [7, 11) is 0. The average Bonchev–Trinajstić information content (AvgIpc) is 3.43. The molecule has 1 amide bonds. The maximum absolute atomic E-state index is 12.5. The number of carbonyl (C=O) groups is 1. The summed E-state index contributed by atoms with van der Waals surface area (Å²) in [6, 6.07) is 18.4. The molecule has 1 saturated carbocycles. The average molecular weight is 360 g/mol. The van der Waals surface area contributed by atoms with Crippen molar-refractivity contribution in [3.63, 3.8) is 0 Å². The van der Waals surface area contributed by atoms with E-state index in [0.29, 0.717) is 24.7 Å². The summed E-state index contributed by atoms with van der Waals surface area (Å²) in [5.74, 6) is 1.94. The van der Waals surface area contributed by atoms with Crippen LogP contribution in [-0.2, 0) is 11.2 Å². The lowest BCUT2D eigenvalue weighted by Crippen LogP contribution is -2.30. The smallest absolute Gasteiger partial charge is 0.221 e. The highest BCUT2D eigenvalue weighted by atomic mass is 16.4. The molecular weight excluding hydrogens is 336 g/mol. The Balaban J connectivity index is 1.35. The van der Waals surface area contributed by atoms with Crippen LogP contribution in [0.3, 0.4) is 0 Å². The zero-order chi connectivity index (χ0) is 18.6. The fourth-order valence-corrected chi connectivity index (χ4v) is 3.30. The largest absolute Gasteiger partial charge is 0.441 e. The summed E-state index contributed by atoms with van der Waals surface area (Å²) in [4.78, 5) is 16.8. The van der Waals surface area contributed by atoms with Gasteiger partial charge in [-0.05, 0) is 31.2 Å². The molecule has 0 bridgehead atoms. The summed E-state index contributed by atoms with van der Waals surface area (Å²) in [6.07, 6.45) is 4.97. The third-order valence-corrected chi connectivity index (χ3v) is 5.02. The van der Waals surface area contributed by atoms with Gasteiger partial charge in [0, 0.05) is 18.4 Å². The second-order valence-corrected chi connectivity index (χ2v) is 7.28. The zero-order valence-corrected chi connectivity index (χ0v) is 15.5. The molecule has 4 heteroatoms. The van der Waals surface area contributed by atoms with E-state index in [-0.39, 0.29) is 11.9 Å². The third kappa shape index (κ3) is 4.45. The second-order valence-electron chi connectivity index (χ2n) is 7.28. The van der Waals surface area contributed by atoms with E-state index < -0.39 is 0 Å². The van der Waals surface area contributed by atoms with Crippen LogP contribution in [0.15, 0.2) is 65.2 Å². The van der Waals surface area contributed by atoms with E-state index in [2.05, 4.69) is 41.5 Å². The zero-order valence-electron chi connectivity index (χ0n) is 15.5. The lowest BCUT2D eigenvalue weighted by atomic mass is 10.0. The number of rotatable bonds is 7. The minimum Gasteiger partial charge on any atom is -0.441 e. The van der Waals surface area contributed by atoms with Crippen LogP contribution in [0.25, 0.3) is 11.3 Å². The predicted molar refractivity (Wildman–Crippen MR) is 105 cm³/mol. The number of carbonyl (C=O) groups excluding carboxylic acids is 1. The number of aryl methyl sites for hydroxylation is 2. The number of hydrogen-bond donors (Lipinski definition) is 1. The Kier molecular flexibility index (Phi) is 5.05. The van der Waals surface area contributed by atoms with Crippen LogP contribution in [0.4, 0.5) is 0 Å². The van der Waals surface area contributed by atoms with Gasteiger partial charge in [-0.15, -0.1) is 0 Å². The summed E-state index contributed by atoms with van der Waals surface area (Å²) >= 11 is 0. The highest BCUT2D eigenvalue weighted by molar-refractivity contribution is 5.76. The topological polar surface area (TPSA) is 55.1 Å². The van der Waals surface area contributed by atoms with Gasteiger partial charge in [-0.3, -0.25) is 4.79 Å². The van der Waals surface area contributed by atoms with Crippen LogP contribution in [-0.4, -0.2) is 10.9 Å². The highest BCUT2D eigenvalue weighted by Gasteiger charge is 2.33. The van der Waals surface area contributed by atoms with E-state index in [1.165, 1.54) is 24.0 Å². The first kappa shape index (κ1) is 17.5. The summed E-state index contributed by atoms with van der Waals surface area (Å²) in [6.45, 7) is 2.08. The minimum absolute atomic E-state index is 0.0481. The summed E-state index contributed by atoms with van der Waals surface area (Å²) < 4.78 is 5.79. The first-order chi connectivity index (χ1) is 13.2. The Morgan fingerprint density at radius 1 is 1.15 bits per heavy atom. The van der Waals surface area contributed by atoms with Crippen molar-refractivity contribution in [2.45, 2.75) is 38.6 Å². The van der Waals surface area contributed by atoms with Gasteiger partial charge in [0.05, 0.1) is 12.2 Å². The van der Waals surface area contributed by atoms with Crippen molar-refractivity contribution in [3.8, 4) is 11.3 Å². The Morgan fingerprint density at radius 2 is 1.89 bits per heavy atom. The van der Waals surface area contributed by atoms with E-state index in [1.807, 2.05) is 30.3 Å². The molecule has 1 atom stereocenters. The van der Waals surface area contributed by atoms with Crippen molar-refractivity contribution < 1.29 is 9.21 Å². The van der Waals surface area contributed by atoms with Gasteiger partial charge in [0.15, 0.2) is 11.7 Å². The number of amides is 1. The SMILES string of the molecule is Cc1ccc(C(NC(=O)CCc2ncc(-c3ccccc3)o2)C2CC2)cc1. The second kappa shape index (κ2) is 7.78. The van der Waals surface area contributed by atoms with Gasteiger partial charge in [-0.25, -0.2) is 4.98 Å². The van der Waals surface area contributed by atoms with Crippen molar-refractivity contribution in [3.05, 3.63) is 77.8 Å². The molecule has 0 spiro atoms. The molecule has 4 nitrogen and oxygen atoms in total. The molecule has 2 aromatic carbocycles. The Morgan fingerprint density at radius 3 is 2.59 bits per heavy atom. The van der Waals surface area contributed by atoms with E-state index in [9.17, 15) is 4.79 Å². The quantitative estimate of drug-likeness (QED) is 0.655. The van der Waals surface area contributed by atoms with E-state index in [4.69, 9.17) is 4.42 Å². The van der Waals surface area contributed by atoms with Crippen LogP contribution < -0.4 is 5.32 Å². The number of nitrogens with zero attached hydrogens (tertiary/aromatic N) is 1. The molecule has 1 fully saturated rings. The maximum Gasteiger partial charge on any atom is 0.221 e. The van der Waals surface area contributed by atoms with Gasteiger partial charge in [0.1, 0.15) is 0 Å². The first-order valence-corrected chi connectivity index (χ1v) is 9.55. The van der Waals surface area contributed by atoms with Gasteiger partial charge >= 0.3 is 0 Å². The number of aromatic nitrogens is 1. The molecule has 4 rings (SSSR count). The maximum atomic E-state index is 12.5. The molecule has 1 heterocycles. The van der Waals surface area contributed by atoms with Crippen LogP contribution in [0.2, 0.25) is 0 Å². The molecule has 0 aliphatic heterocycles. The Bertz CT molecular complexity index is 896. The van der Waals surface area contributed by atoms with Crippen molar-refractivity contribution in [1.29, 1.82) is 0 Å². The van der Waals surface area contributed by atoms with E-state index in [0.717, 1.165) is 11.3 Å². The molecule has 138 valence electrons. The van der Waals surface area contributed by atoms with Crippen LogP contribution in [0.1, 0.15) is 42.3 Å². The predicted octanol–water partition coefficient (Wildman–Crippen LogP) is 4.85. The number of benzene rings is 2. The molecule has 1 aliphatic carbocycles. The summed E-state index contributed by atoms with van der Waals surface area (Å²) in [5.41, 5.74) is 3.42. The van der Waals surface area contributed by atoms with Crippen molar-refractivity contribution in [1.82, 2.24) is 10.3 Å². The van der Waals surface area contributed by atoms with E-state index >= 15 is 0 Å². The van der Waals surface area contributed by atoms with Crippen molar-refractivity contribution >= 4 is 5.91 Å². The molecule has 27 heavy (non-hydrogen) atoms. The first-order valence-electron chi connectivity index (χ1n) is 9.55. The molecule has 1 aromatic heterocycles. The van der Waals surface area contributed by atoms with E-state index in [1.54, 1.807) is 6.20 Å². The number of hydrogen-bond acceptors (Lipinski definition) is 3. The third-order valence-electron chi connectivity index (χ3n) is 5.02. The normalized spacial score (nSPS) is 14.7. The van der Waals surface area contributed by atoms with Gasteiger partial charge < -0.3 is 9.73 Å². The van der Waals surface area contributed by atoms with Gasteiger partial charge in [0.25, 0.3) is 0 Å². The fourth-order valence-electron chi connectivity index (χ4n) is 3.30. The van der Waals surface area contributed by atoms with Crippen molar-refractivity contribution in [2.75, 3.05) is 0 Å². The molecule has 0 saturated heterocycles. The summed E-state index contributed by atoms with van der Waals surface area (Å²) in [5, 5.41) is 3.22. The molecular formula is C23H24N2O2. The fraction of sp³-hybridized carbons (Fsp3) is 0.304. The molecule has 1 unspecified atom stereocenters. The molecule has 0 radical (unpaired) electrons. The molecule has 1 N–H and O–H groups in total. The standard InChI is InChI=1S/C23H24N2O2/c1-16-7-9-18(10-8-16)23(19-11-12-19)25-21(26)13-14-22-24-15-20(27-22)17-5-3-2-4-6-17/h2-10,15,19,23H,11-14H2,1H3,(H,25,26). The number of oxazole rings is 1. The number of nitrogens with one attached hydrogen (secondary N) is 1. The Hall–Kier alpha value is -2.88. The molecule has 1 aliphatic rings. The van der Waals surface area contributed by atoms with Crippen molar-refractivity contribution in [2.24, 2.45) is 5.92 Å². The van der Waals surface area contributed by atoms with Gasteiger partial charge in [-0.1, -0.05) is 60.2 Å². The van der Waals surface area contributed by atoms with Crippen LogP contribution in [0.5, 0.6) is 0 Å². The minimum atomic E-state index is 0.0481. The van der Waals surface area contributed by atoms with Crippen LogP contribution in [0, 0.1) is 12.8 Å². The lowest BCUT2D eigenvalue weighted by molar-refractivity contribution is -0.122. The lowest BCUT2D eigenvalue weighted by Gasteiger charge is -2.19. The highest BCUT2D eigenvalue weighted by Crippen LogP contribution is 2.41. The van der Waals surface area contributed by atoms with Gasteiger partial charge in [-0.2, -0.15) is 0 Å².